The van der Waals surface area contributed by atoms with Crippen LogP contribution in [0.25, 0.3) is 0 Å². The lowest BCUT2D eigenvalue weighted by Crippen LogP contribution is -2.27. The van der Waals surface area contributed by atoms with Gasteiger partial charge in [0, 0.05) is 0 Å². The predicted molar refractivity (Wildman–Crippen MR) is 51.9 cm³/mol. The van der Waals surface area contributed by atoms with Crippen LogP contribution >= 0.6 is 0 Å². The minimum Gasteiger partial charge on any atom is -0.458 e. The van der Waals surface area contributed by atoms with E-state index in [1.807, 2.05) is 0 Å². The Kier molecular flexibility index (Phi) is 6.01. The summed E-state index contributed by atoms with van der Waals surface area (Å²) in [5, 5.41) is 0. The van der Waals surface area contributed by atoms with Crippen molar-refractivity contribution in [3.63, 3.8) is 0 Å². The van der Waals surface area contributed by atoms with Gasteiger partial charge in [-0.1, -0.05) is 18.7 Å². The second-order valence-electron chi connectivity index (χ2n) is 2.79. The van der Waals surface area contributed by atoms with Gasteiger partial charge in [-0.05, 0) is 6.92 Å². The topological polar surface area (TPSA) is 52.6 Å². The molecule has 0 saturated heterocycles. The van der Waals surface area contributed by atoms with Crippen molar-refractivity contribution in [2.45, 2.75) is 13.1 Å². The molecular weight excluding hydrogens is 241 g/mol. The van der Waals surface area contributed by atoms with Crippen LogP contribution in [0.5, 0.6) is 0 Å². The standard InChI is InChI=1S/C10H11F3O4/c1-3-4-7(2)8(14)16-5-6-17-9(15)10(11,12)13/h3-4H,2,5-6H2,1H3/b4-3-. The second kappa shape index (κ2) is 6.72. The summed E-state index contributed by atoms with van der Waals surface area (Å²) in [5.74, 6) is -3.10. The molecule has 17 heavy (non-hydrogen) atoms. The minimum absolute atomic E-state index is 0.0506. The number of rotatable bonds is 5. The molecule has 0 saturated carbocycles. The van der Waals surface area contributed by atoms with E-state index in [0.29, 0.717) is 0 Å². The summed E-state index contributed by atoms with van der Waals surface area (Å²) in [6, 6.07) is 0. The monoisotopic (exact) mass is 252 g/mol. The Labute approximate surface area is 95.7 Å². The number of halogens is 3. The number of carbonyl (C=O) groups is 2. The fraction of sp³-hybridized carbons (Fsp3) is 0.400. The fourth-order valence-corrected chi connectivity index (χ4v) is 0.712. The number of alkyl halides is 3. The van der Waals surface area contributed by atoms with E-state index >= 15 is 0 Å². The molecule has 0 unspecified atom stereocenters. The predicted octanol–water partition coefficient (Wildman–Crippen LogP) is 1.77. The molecule has 0 rings (SSSR count). The van der Waals surface area contributed by atoms with Gasteiger partial charge in [-0.15, -0.1) is 0 Å². The van der Waals surface area contributed by atoms with Crippen LogP contribution in [0.3, 0.4) is 0 Å². The molecule has 0 aromatic heterocycles. The van der Waals surface area contributed by atoms with Gasteiger partial charge in [-0.3, -0.25) is 0 Å². The summed E-state index contributed by atoms with van der Waals surface area (Å²) >= 11 is 0. The van der Waals surface area contributed by atoms with Crippen LogP contribution in [0, 0.1) is 0 Å². The molecule has 0 amide bonds. The Morgan fingerprint density at radius 1 is 1.24 bits per heavy atom. The van der Waals surface area contributed by atoms with Crippen LogP contribution in [-0.2, 0) is 19.1 Å². The molecule has 0 spiro atoms. The van der Waals surface area contributed by atoms with Crippen molar-refractivity contribution < 1.29 is 32.2 Å². The molecule has 7 heteroatoms. The Morgan fingerprint density at radius 3 is 2.24 bits per heavy atom. The largest absolute Gasteiger partial charge is 0.490 e. The van der Waals surface area contributed by atoms with Gasteiger partial charge >= 0.3 is 18.1 Å². The minimum atomic E-state index is -5.04. The van der Waals surface area contributed by atoms with Crippen LogP contribution in [0.2, 0.25) is 0 Å². The van der Waals surface area contributed by atoms with Crippen LogP contribution in [0.4, 0.5) is 13.2 Å². The zero-order chi connectivity index (χ0) is 13.5. The Hall–Kier alpha value is -1.79. The maximum atomic E-state index is 11.7. The van der Waals surface area contributed by atoms with Gasteiger partial charge in [0.1, 0.15) is 13.2 Å². The molecule has 0 N–H and O–H groups in total. The number of esters is 2. The zero-order valence-corrected chi connectivity index (χ0v) is 9.04. The fourth-order valence-electron chi connectivity index (χ4n) is 0.712. The van der Waals surface area contributed by atoms with Gasteiger partial charge in [0.2, 0.25) is 0 Å². The van der Waals surface area contributed by atoms with E-state index < -0.39 is 31.3 Å². The zero-order valence-electron chi connectivity index (χ0n) is 9.04. The molecule has 0 bridgehead atoms. The van der Waals surface area contributed by atoms with E-state index in [4.69, 9.17) is 0 Å². The molecule has 0 aliphatic carbocycles. The summed E-state index contributed by atoms with van der Waals surface area (Å²) in [5.41, 5.74) is 0.0506. The molecule has 0 heterocycles. The average Bonchev–Trinajstić information content (AvgIpc) is 2.22. The Bertz CT molecular complexity index is 331. The van der Waals surface area contributed by atoms with E-state index in [1.165, 1.54) is 6.08 Å². The van der Waals surface area contributed by atoms with E-state index in [-0.39, 0.29) is 5.57 Å². The van der Waals surface area contributed by atoms with Crippen molar-refractivity contribution in [2.75, 3.05) is 13.2 Å². The molecule has 0 atom stereocenters. The molecule has 4 nitrogen and oxygen atoms in total. The van der Waals surface area contributed by atoms with Crippen molar-refractivity contribution in [3.05, 3.63) is 24.3 Å². The number of allylic oxidation sites excluding steroid dienone is 1. The quantitative estimate of drug-likeness (QED) is 0.324. The number of ether oxygens (including phenoxy) is 2. The molecule has 0 aliphatic rings. The summed E-state index contributed by atoms with van der Waals surface area (Å²) in [6.07, 6.45) is -2.12. The maximum absolute atomic E-state index is 11.7. The van der Waals surface area contributed by atoms with Crippen LogP contribution in [-0.4, -0.2) is 31.3 Å². The first-order chi connectivity index (χ1) is 7.79. The molecule has 0 fully saturated rings. The number of hydrogen-bond acceptors (Lipinski definition) is 4. The van der Waals surface area contributed by atoms with Gasteiger partial charge in [-0.25, -0.2) is 9.59 Å². The smallest absolute Gasteiger partial charge is 0.458 e. The van der Waals surface area contributed by atoms with E-state index in [2.05, 4.69) is 16.1 Å². The van der Waals surface area contributed by atoms with Crippen molar-refractivity contribution in [1.29, 1.82) is 0 Å². The molecule has 0 radical (unpaired) electrons. The van der Waals surface area contributed by atoms with Gasteiger partial charge in [0.25, 0.3) is 0 Å². The third kappa shape index (κ3) is 6.39. The van der Waals surface area contributed by atoms with Crippen molar-refractivity contribution in [1.82, 2.24) is 0 Å². The van der Waals surface area contributed by atoms with Crippen LogP contribution < -0.4 is 0 Å². The lowest BCUT2D eigenvalue weighted by molar-refractivity contribution is -0.200. The van der Waals surface area contributed by atoms with Crippen LogP contribution in [0.15, 0.2) is 24.3 Å². The molecule has 96 valence electrons. The van der Waals surface area contributed by atoms with Crippen molar-refractivity contribution in [2.24, 2.45) is 0 Å². The van der Waals surface area contributed by atoms with Gasteiger partial charge in [0.15, 0.2) is 0 Å². The third-order valence-electron chi connectivity index (χ3n) is 1.41. The number of hydrogen-bond donors (Lipinski definition) is 0. The van der Waals surface area contributed by atoms with Gasteiger partial charge in [0.05, 0.1) is 5.57 Å². The second-order valence-corrected chi connectivity index (χ2v) is 2.79. The lowest BCUT2D eigenvalue weighted by atomic mass is 10.3. The van der Waals surface area contributed by atoms with Crippen molar-refractivity contribution in [3.8, 4) is 0 Å². The summed E-state index contributed by atoms with van der Waals surface area (Å²) in [4.78, 5) is 21.3. The highest BCUT2D eigenvalue weighted by atomic mass is 19.4. The Balaban J connectivity index is 3.83. The third-order valence-corrected chi connectivity index (χ3v) is 1.41. The van der Waals surface area contributed by atoms with Gasteiger partial charge in [-0.2, -0.15) is 13.2 Å². The SMILES string of the molecule is C=C(/C=C\C)C(=O)OCCOC(=O)C(F)(F)F. The van der Waals surface area contributed by atoms with Gasteiger partial charge < -0.3 is 9.47 Å². The van der Waals surface area contributed by atoms with E-state index in [9.17, 15) is 22.8 Å². The Morgan fingerprint density at radius 2 is 1.76 bits per heavy atom. The van der Waals surface area contributed by atoms with Crippen molar-refractivity contribution >= 4 is 11.9 Å². The summed E-state index contributed by atoms with van der Waals surface area (Å²) < 4.78 is 43.3. The first-order valence-corrected chi connectivity index (χ1v) is 4.51. The normalized spacial score (nSPS) is 11.3. The van der Waals surface area contributed by atoms with Crippen LogP contribution in [0.1, 0.15) is 6.92 Å². The lowest BCUT2D eigenvalue weighted by Gasteiger charge is -2.07. The number of carbonyl (C=O) groups excluding carboxylic acids is 2. The molecular formula is C10H11F3O4. The summed E-state index contributed by atoms with van der Waals surface area (Å²) in [6.45, 7) is 3.88. The summed E-state index contributed by atoms with van der Waals surface area (Å²) in [7, 11) is 0. The maximum Gasteiger partial charge on any atom is 0.490 e. The molecule has 0 aromatic carbocycles. The first kappa shape index (κ1) is 15.2. The highest BCUT2D eigenvalue weighted by Crippen LogP contribution is 2.16. The van der Waals surface area contributed by atoms with E-state index in [0.717, 1.165) is 0 Å². The van der Waals surface area contributed by atoms with E-state index in [1.54, 1.807) is 13.0 Å². The molecule has 0 aliphatic heterocycles. The highest BCUT2D eigenvalue weighted by Gasteiger charge is 2.40. The first-order valence-electron chi connectivity index (χ1n) is 4.51. The highest BCUT2D eigenvalue weighted by molar-refractivity contribution is 5.90. The molecule has 0 aromatic rings. The average molecular weight is 252 g/mol.